The molecule has 0 N–H and O–H groups in total. The monoisotopic (exact) mass is 474 g/mol. The number of hydrogen-bond donors (Lipinski definition) is 0. The number of nitrogens with zero attached hydrogens (tertiary/aromatic N) is 4. The fourth-order valence-corrected chi connectivity index (χ4v) is 4.48. The van der Waals surface area contributed by atoms with E-state index >= 15 is 0 Å². The first-order valence-electron chi connectivity index (χ1n) is 9.83. The molecule has 0 spiro atoms. The van der Waals surface area contributed by atoms with Crippen LogP contribution < -0.4 is 4.74 Å². The van der Waals surface area contributed by atoms with Crippen LogP contribution in [-0.4, -0.2) is 52.9 Å². The molecule has 0 atom stereocenters. The summed E-state index contributed by atoms with van der Waals surface area (Å²) in [5.41, 5.74) is 1.62. The highest BCUT2D eigenvalue weighted by molar-refractivity contribution is 7.90. The molecule has 0 fully saturated rings. The molecular weight excluding hydrogens is 452 g/mol. The van der Waals surface area contributed by atoms with Crippen molar-refractivity contribution in [3.8, 4) is 5.75 Å². The Bertz CT molecular complexity index is 1270. The molecule has 0 saturated heterocycles. The molecule has 0 unspecified atom stereocenters. The van der Waals surface area contributed by atoms with Crippen molar-refractivity contribution in [3.63, 3.8) is 0 Å². The fourth-order valence-electron chi connectivity index (χ4n) is 2.93. The van der Waals surface area contributed by atoms with Gasteiger partial charge in [-0.2, -0.15) is 5.10 Å². The number of carbonyl (C=O) groups excluding carboxylic acids is 1. The molecule has 1 aliphatic rings. The second-order valence-electron chi connectivity index (χ2n) is 7.46. The first-order chi connectivity index (χ1) is 15.2. The Hall–Kier alpha value is -3.18. The molecule has 0 aliphatic carbocycles. The van der Waals surface area contributed by atoms with E-state index in [1.54, 1.807) is 29.0 Å². The summed E-state index contributed by atoms with van der Waals surface area (Å²) in [5, 5.41) is 5.36. The molecular formula is C21H22N4O5S2. The van der Waals surface area contributed by atoms with E-state index in [1.807, 2.05) is 26.0 Å². The van der Waals surface area contributed by atoms with Gasteiger partial charge in [-0.15, -0.1) is 0 Å². The maximum absolute atomic E-state index is 12.0. The van der Waals surface area contributed by atoms with Crippen molar-refractivity contribution in [3.05, 3.63) is 59.5 Å². The lowest BCUT2D eigenvalue weighted by atomic mass is 10.2. The number of allylic oxidation sites excluding steroid dienone is 2. The Morgan fingerprint density at radius 2 is 2.00 bits per heavy atom. The Balaban J connectivity index is 1.38. The van der Waals surface area contributed by atoms with E-state index in [-0.39, 0.29) is 23.7 Å². The molecule has 3 aromatic rings. The highest BCUT2D eigenvalue weighted by Gasteiger charge is 2.18. The number of imidazole rings is 1. The lowest BCUT2D eigenvalue weighted by molar-refractivity contribution is 0.0916. The van der Waals surface area contributed by atoms with Crippen LogP contribution in [0.15, 0.2) is 53.7 Å². The summed E-state index contributed by atoms with van der Waals surface area (Å²) in [4.78, 5) is 19.0. The summed E-state index contributed by atoms with van der Waals surface area (Å²) in [5.74, 6) is 0.556. The zero-order chi connectivity index (χ0) is 22.9. The number of hydrogen-bond acceptors (Lipinski definition) is 8. The van der Waals surface area contributed by atoms with Gasteiger partial charge in [0.2, 0.25) is 4.96 Å². The van der Waals surface area contributed by atoms with Gasteiger partial charge in [-0.25, -0.2) is 22.7 Å². The van der Waals surface area contributed by atoms with Crippen LogP contribution in [0.4, 0.5) is 4.79 Å². The largest absolute Gasteiger partial charge is 0.487 e. The Morgan fingerprint density at radius 3 is 2.59 bits per heavy atom. The quantitative estimate of drug-likeness (QED) is 0.538. The predicted molar refractivity (Wildman–Crippen MR) is 120 cm³/mol. The molecule has 3 heterocycles. The van der Waals surface area contributed by atoms with E-state index in [4.69, 9.17) is 9.47 Å². The van der Waals surface area contributed by atoms with Crippen molar-refractivity contribution in [2.75, 3.05) is 12.8 Å². The van der Waals surface area contributed by atoms with Crippen LogP contribution in [0.25, 0.3) is 10.5 Å². The molecule has 1 aromatic carbocycles. The number of rotatable bonds is 6. The van der Waals surface area contributed by atoms with E-state index in [0.29, 0.717) is 18.0 Å². The smallest absolute Gasteiger partial charge is 0.414 e. The molecule has 2 aromatic heterocycles. The summed E-state index contributed by atoms with van der Waals surface area (Å²) >= 11 is 1.44. The summed E-state index contributed by atoms with van der Waals surface area (Å²) in [6.07, 6.45) is 7.85. The minimum Gasteiger partial charge on any atom is -0.487 e. The zero-order valence-corrected chi connectivity index (χ0v) is 19.4. The van der Waals surface area contributed by atoms with Crippen LogP contribution in [0.2, 0.25) is 0 Å². The van der Waals surface area contributed by atoms with Crippen LogP contribution >= 0.6 is 11.3 Å². The second-order valence-corrected chi connectivity index (χ2v) is 10.4. The van der Waals surface area contributed by atoms with Crippen molar-refractivity contribution < 1.29 is 22.7 Å². The third-order valence-electron chi connectivity index (χ3n) is 4.49. The van der Waals surface area contributed by atoms with Crippen molar-refractivity contribution in [2.24, 2.45) is 0 Å². The SMILES string of the molecule is CC(C)OC(=O)N1C=CC(c2nn3cc(COc4ccc(S(C)(=O)=O)cc4)nc3s2)=CC1. The lowest BCUT2D eigenvalue weighted by Gasteiger charge is -2.21. The summed E-state index contributed by atoms with van der Waals surface area (Å²) in [7, 11) is -3.24. The summed E-state index contributed by atoms with van der Waals surface area (Å²) < 4.78 is 35.6. The van der Waals surface area contributed by atoms with Crippen molar-refractivity contribution in [1.82, 2.24) is 19.5 Å². The number of carbonyl (C=O) groups is 1. The predicted octanol–water partition coefficient (Wildman–Crippen LogP) is 3.53. The average Bonchev–Trinajstić information content (AvgIpc) is 3.30. The van der Waals surface area contributed by atoms with Crippen LogP contribution in [0, 0.1) is 0 Å². The molecule has 168 valence electrons. The van der Waals surface area contributed by atoms with E-state index in [0.717, 1.165) is 21.8 Å². The Morgan fingerprint density at radius 1 is 1.25 bits per heavy atom. The fraction of sp³-hybridized carbons (Fsp3) is 0.286. The van der Waals surface area contributed by atoms with Crippen LogP contribution in [0.5, 0.6) is 5.75 Å². The maximum Gasteiger partial charge on any atom is 0.414 e. The van der Waals surface area contributed by atoms with Gasteiger partial charge < -0.3 is 9.47 Å². The standard InChI is InChI=1S/C21H22N4O5S2/c1-14(2)30-21(26)24-10-8-15(9-11-24)19-23-25-12-16(22-20(25)31-19)13-29-17-4-6-18(7-5-17)32(3,27)28/h4-10,12,14H,11,13H2,1-3H3. The van der Waals surface area contributed by atoms with Crippen molar-refractivity contribution >= 4 is 37.8 Å². The molecule has 1 aliphatic heterocycles. The van der Waals surface area contributed by atoms with Crippen LogP contribution in [0.3, 0.4) is 0 Å². The summed E-state index contributed by atoms with van der Waals surface area (Å²) in [6.45, 7) is 4.27. The minimum atomic E-state index is -3.24. The van der Waals surface area contributed by atoms with Gasteiger partial charge in [0, 0.05) is 24.6 Å². The average molecular weight is 475 g/mol. The van der Waals surface area contributed by atoms with E-state index < -0.39 is 9.84 Å². The van der Waals surface area contributed by atoms with Crippen molar-refractivity contribution in [1.29, 1.82) is 0 Å². The van der Waals surface area contributed by atoms with Gasteiger partial charge in [0.1, 0.15) is 17.4 Å². The molecule has 0 bridgehead atoms. The summed E-state index contributed by atoms with van der Waals surface area (Å²) in [6, 6.07) is 6.26. The number of ether oxygens (including phenoxy) is 2. The number of benzene rings is 1. The van der Waals surface area contributed by atoms with E-state index in [1.165, 1.54) is 28.4 Å². The van der Waals surface area contributed by atoms with E-state index in [9.17, 15) is 13.2 Å². The third kappa shape index (κ3) is 5.00. The molecule has 11 heteroatoms. The number of aromatic nitrogens is 3. The Kier molecular flexibility index (Phi) is 6.02. The maximum atomic E-state index is 12.0. The van der Waals surface area contributed by atoms with E-state index in [2.05, 4.69) is 10.1 Å². The van der Waals surface area contributed by atoms with Crippen molar-refractivity contribution in [2.45, 2.75) is 31.5 Å². The van der Waals surface area contributed by atoms with Gasteiger partial charge in [-0.1, -0.05) is 17.4 Å². The lowest BCUT2D eigenvalue weighted by Crippen LogP contribution is -2.30. The highest BCUT2D eigenvalue weighted by Crippen LogP contribution is 2.26. The van der Waals surface area contributed by atoms with Gasteiger partial charge in [-0.3, -0.25) is 4.90 Å². The van der Waals surface area contributed by atoms with Crippen LogP contribution in [0.1, 0.15) is 24.5 Å². The van der Waals surface area contributed by atoms with Gasteiger partial charge >= 0.3 is 6.09 Å². The number of amides is 1. The first-order valence-corrected chi connectivity index (χ1v) is 12.5. The highest BCUT2D eigenvalue weighted by atomic mass is 32.2. The van der Waals surface area contributed by atoms with Gasteiger partial charge in [0.15, 0.2) is 9.84 Å². The molecule has 0 radical (unpaired) electrons. The van der Waals surface area contributed by atoms with Gasteiger partial charge in [-0.05, 0) is 44.2 Å². The molecule has 9 nitrogen and oxygen atoms in total. The van der Waals surface area contributed by atoms with Gasteiger partial charge in [0.05, 0.1) is 22.9 Å². The topological polar surface area (TPSA) is 103 Å². The minimum absolute atomic E-state index is 0.168. The molecule has 4 rings (SSSR count). The number of sulfone groups is 1. The molecule has 0 saturated carbocycles. The Labute approximate surface area is 189 Å². The second kappa shape index (κ2) is 8.75. The molecule has 1 amide bonds. The number of fused-ring (bicyclic) bond motifs is 1. The normalized spacial score (nSPS) is 14.1. The third-order valence-corrected chi connectivity index (χ3v) is 6.59. The zero-order valence-electron chi connectivity index (χ0n) is 17.8. The molecule has 32 heavy (non-hydrogen) atoms. The first kappa shape index (κ1) is 22.0. The van der Waals surface area contributed by atoms with Crippen LogP contribution in [-0.2, 0) is 21.2 Å². The van der Waals surface area contributed by atoms with Gasteiger partial charge in [0.25, 0.3) is 0 Å².